The summed E-state index contributed by atoms with van der Waals surface area (Å²) in [4.78, 5) is 11.7. The smallest absolute Gasteiger partial charge is 0.229 e. The predicted molar refractivity (Wildman–Crippen MR) is 67.0 cm³/mol. The fraction of sp³-hybridized carbons (Fsp3) is 0.417. The maximum Gasteiger partial charge on any atom is 0.229 e. The number of nitrogens with one attached hydrogen (secondary N) is 1. The van der Waals surface area contributed by atoms with E-state index in [-0.39, 0.29) is 11.3 Å². The average Bonchev–Trinajstić information content (AvgIpc) is 1.99. The fourth-order valence-corrected chi connectivity index (χ4v) is 1.73. The number of amides is 1. The first-order valence-corrected chi connectivity index (χ1v) is 5.67. The van der Waals surface area contributed by atoms with Gasteiger partial charge in [-0.15, -0.1) is 0 Å². The van der Waals surface area contributed by atoms with Crippen molar-refractivity contribution in [3.63, 3.8) is 0 Å². The summed E-state index contributed by atoms with van der Waals surface area (Å²) < 4.78 is 0.978. The SMILES string of the molecule is Cc1cc(Br)cc(NC(=O)C(C)(C)C)c1. The highest BCUT2D eigenvalue weighted by Crippen LogP contribution is 2.22. The van der Waals surface area contributed by atoms with Gasteiger partial charge in [0.1, 0.15) is 0 Å². The third-order valence-corrected chi connectivity index (χ3v) is 2.44. The molecular weight excluding hydrogens is 254 g/mol. The van der Waals surface area contributed by atoms with Gasteiger partial charge in [0, 0.05) is 15.6 Å². The second kappa shape index (κ2) is 4.35. The van der Waals surface area contributed by atoms with E-state index in [1.165, 1.54) is 0 Å². The standard InChI is InChI=1S/C12H16BrNO/c1-8-5-9(13)7-10(6-8)14-11(15)12(2,3)4/h5-7H,1-4H3,(H,14,15). The van der Waals surface area contributed by atoms with Crippen molar-refractivity contribution in [3.05, 3.63) is 28.2 Å². The number of aryl methyl sites for hydroxylation is 1. The van der Waals surface area contributed by atoms with Crippen LogP contribution in [0.25, 0.3) is 0 Å². The van der Waals surface area contributed by atoms with Gasteiger partial charge in [0.05, 0.1) is 0 Å². The summed E-state index contributed by atoms with van der Waals surface area (Å²) in [5.41, 5.74) is 1.59. The van der Waals surface area contributed by atoms with Gasteiger partial charge in [-0.2, -0.15) is 0 Å². The molecule has 1 rings (SSSR count). The van der Waals surface area contributed by atoms with Crippen LogP contribution in [-0.4, -0.2) is 5.91 Å². The molecule has 0 fully saturated rings. The molecule has 0 saturated carbocycles. The minimum atomic E-state index is -0.365. The van der Waals surface area contributed by atoms with Crippen molar-refractivity contribution in [1.29, 1.82) is 0 Å². The molecule has 0 aromatic heterocycles. The Bertz CT molecular complexity index is 359. The molecule has 1 aromatic carbocycles. The van der Waals surface area contributed by atoms with Crippen molar-refractivity contribution in [2.24, 2.45) is 5.41 Å². The van der Waals surface area contributed by atoms with Crippen LogP contribution in [-0.2, 0) is 4.79 Å². The van der Waals surface area contributed by atoms with Crippen molar-refractivity contribution in [2.45, 2.75) is 27.7 Å². The number of hydrogen-bond donors (Lipinski definition) is 1. The molecule has 1 N–H and O–H groups in total. The van der Waals surface area contributed by atoms with Crippen molar-refractivity contribution in [1.82, 2.24) is 0 Å². The van der Waals surface area contributed by atoms with Crippen LogP contribution in [0.5, 0.6) is 0 Å². The van der Waals surface area contributed by atoms with Gasteiger partial charge < -0.3 is 5.32 Å². The van der Waals surface area contributed by atoms with Gasteiger partial charge in [0.25, 0.3) is 0 Å². The summed E-state index contributed by atoms with van der Waals surface area (Å²) in [6.07, 6.45) is 0. The Hall–Kier alpha value is -0.830. The zero-order valence-electron chi connectivity index (χ0n) is 9.52. The second-order valence-corrected chi connectivity index (χ2v) is 5.64. The van der Waals surface area contributed by atoms with E-state index >= 15 is 0 Å². The topological polar surface area (TPSA) is 29.1 Å². The molecule has 0 bridgehead atoms. The molecular formula is C12H16BrNO. The van der Waals surface area contributed by atoms with E-state index in [2.05, 4.69) is 21.2 Å². The van der Waals surface area contributed by atoms with E-state index in [4.69, 9.17) is 0 Å². The fourth-order valence-electron chi connectivity index (χ4n) is 1.13. The molecule has 2 nitrogen and oxygen atoms in total. The van der Waals surface area contributed by atoms with Gasteiger partial charge >= 0.3 is 0 Å². The van der Waals surface area contributed by atoms with Gasteiger partial charge in [-0.25, -0.2) is 0 Å². The quantitative estimate of drug-likeness (QED) is 0.827. The van der Waals surface area contributed by atoms with E-state index in [0.717, 1.165) is 15.7 Å². The van der Waals surface area contributed by atoms with Gasteiger partial charge in [-0.1, -0.05) is 36.7 Å². The maximum atomic E-state index is 11.7. The third kappa shape index (κ3) is 3.67. The largest absolute Gasteiger partial charge is 0.326 e. The molecule has 0 radical (unpaired) electrons. The molecule has 15 heavy (non-hydrogen) atoms. The summed E-state index contributed by atoms with van der Waals surface area (Å²) >= 11 is 3.40. The van der Waals surface area contributed by atoms with Crippen LogP contribution in [0, 0.1) is 12.3 Å². The van der Waals surface area contributed by atoms with Crippen molar-refractivity contribution < 1.29 is 4.79 Å². The molecule has 0 aliphatic carbocycles. The zero-order chi connectivity index (χ0) is 11.6. The Morgan fingerprint density at radius 2 is 1.87 bits per heavy atom. The molecule has 0 saturated heterocycles. The molecule has 0 atom stereocenters. The lowest BCUT2D eigenvalue weighted by molar-refractivity contribution is -0.123. The van der Waals surface area contributed by atoms with Crippen LogP contribution in [0.15, 0.2) is 22.7 Å². The molecule has 1 amide bonds. The first kappa shape index (κ1) is 12.2. The summed E-state index contributed by atoms with van der Waals surface area (Å²) in [7, 11) is 0. The summed E-state index contributed by atoms with van der Waals surface area (Å²) in [5, 5.41) is 2.89. The van der Waals surface area contributed by atoms with E-state index in [0.29, 0.717) is 0 Å². The number of halogens is 1. The Labute approximate surface area is 99.2 Å². The Balaban J connectivity index is 2.86. The van der Waals surface area contributed by atoms with Crippen molar-refractivity contribution in [3.8, 4) is 0 Å². The minimum absolute atomic E-state index is 0.0278. The molecule has 1 aromatic rings. The Morgan fingerprint density at radius 3 is 2.33 bits per heavy atom. The van der Waals surface area contributed by atoms with Crippen LogP contribution in [0.3, 0.4) is 0 Å². The van der Waals surface area contributed by atoms with Crippen molar-refractivity contribution >= 4 is 27.5 Å². The lowest BCUT2D eigenvalue weighted by Gasteiger charge is -2.18. The Morgan fingerprint density at radius 1 is 1.27 bits per heavy atom. The van der Waals surface area contributed by atoms with Crippen LogP contribution >= 0.6 is 15.9 Å². The van der Waals surface area contributed by atoms with E-state index in [1.807, 2.05) is 45.9 Å². The van der Waals surface area contributed by atoms with Crippen LogP contribution < -0.4 is 5.32 Å². The van der Waals surface area contributed by atoms with Gasteiger partial charge in [0.15, 0.2) is 0 Å². The van der Waals surface area contributed by atoms with Crippen LogP contribution in [0.1, 0.15) is 26.3 Å². The molecule has 0 aliphatic heterocycles. The highest BCUT2D eigenvalue weighted by Gasteiger charge is 2.21. The van der Waals surface area contributed by atoms with E-state index in [1.54, 1.807) is 0 Å². The molecule has 3 heteroatoms. The van der Waals surface area contributed by atoms with Crippen LogP contribution in [0.4, 0.5) is 5.69 Å². The highest BCUT2D eigenvalue weighted by atomic mass is 79.9. The number of anilines is 1. The molecule has 82 valence electrons. The second-order valence-electron chi connectivity index (χ2n) is 4.72. The van der Waals surface area contributed by atoms with Crippen molar-refractivity contribution in [2.75, 3.05) is 5.32 Å². The highest BCUT2D eigenvalue weighted by molar-refractivity contribution is 9.10. The third-order valence-electron chi connectivity index (χ3n) is 1.98. The van der Waals surface area contributed by atoms with Crippen LogP contribution in [0.2, 0.25) is 0 Å². The summed E-state index contributed by atoms with van der Waals surface area (Å²) in [6.45, 7) is 7.69. The van der Waals surface area contributed by atoms with Gasteiger partial charge in [-0.05, 0) is 30.7 Å². The van der Waals surface area contributed by atoms with E-state index < -0.39 is 0 Å². The summed E-state index contributed by atoms with van der Waals surface area (Å²) in [5.74, 6) is 0.0278. The number of benzene rings is 1. The summed E-state index contributed by atoms with van der Waals surface area (Å²) in [6, 6.07) is 5.86. The van der Waals surface area contributed by atoms with Gasteiger partial charge in [0.2, 0.25) is 5.91 Å². The predicted octanol–water partition coefficient (Wildman–Crippen LogP) is 3.74. The van der Waals surface area contributed by atoms with E-state index in [9.17, 15) is 4.79 Å². The minimum Gasteiger partial charge on any atom is -0.326 e. The molecule has 0 spiro atoms. The average molecular weight is 270 g/mol. The number of rotatable bonds is 1. The normalized spacial score (nSPS) is 11.3. The molecule has 0 heterocycles. The van der Waals surface area contributed by atoms with Gasteiger partial charge in [-0.3, -0.25) is 4.79 Å². The molecule has 0 unspecified atom stereocenters. The maximum absolute atomic E-state index is 11.7. The Kier molecular flexibility index (Phi) is 3.55. The zero-order valence-corrected chi connectivity index (χ0v) is 11.1. The monoisotopic (exact) mass is 269 g/mol. The first-order chi connectivity index (χ1) is 6.79. The number of carbonyl (C=O) groups excluding carboxylic acids is 1. The number of hydrogen-bond acceptors (Lipinski definition) is 1. The lowest BCUT2D eigenvalue weighted by atomic mass is 9.95. The lowest BCUT2D eigenvalue weighted by Crippen LogP contribution is -2.27. The number of carbonyl (C=O) groups is 1. The molecule has 0 aliphatic rings. The first-order valence-electron chi connectivity index (χ1n) is 4.88.